The zero-order valence-corrected chi connectivity index (χ0v) is 14.1. The first-order chi connectivity index (χ1) is 12.6. The summed E-state index contributed by atoms with van der Waals surface area (Å²) in [6.07, 6.45) is 1.56. The van der Waals surface area contributed by atoms with Crippen LogP contribution in [0.5, 0.6) is 11.5 Å². The first kappa shape index (κ1) is 16.4. The lowest BCUT2D eigenvalue weighted by molar-refractivity contribution is -0.125. The third kappa shape index (κ3) is 3.48. The highest BCUT2D eigenvalue weighted by Crippen LogP contribution is 2.33. The Morgan fingerprint density at radius 2 is 1.88 bits per heavy atom. The number of hydrogen-bond donors (Lipinski definition) is 2. The maximum atomic E-state index is 12.4. The van der Waals surface area contributed by atoms with Crippen LogP contribution in [0.15, 0.2) is 48.5 Å². The Morgan fingerprint density at radius 3 is 2.62 bits per heavy atom. The Kier molecular flexibility index (Phi) is 4.22. The van der Waals surface area contributed by atoms with Crippen molar-refractivity contribution in [2.75, 3.05) is 5.06 Å². The van der Waals surface area contributed by atoms with E-state index in [0.29, 0.717) is 23.6 Å². The van der Waals surface area contributed by atoms with Gasteiger partial charge in [0.2, 0.25) is 0 Å². The largest absolute Gasteiger partial charge is 0.457 e. The second kappa shape index (κ2) is 6.68. The minimum absolute atomic E-state index is 0.136. The fraction of sp³-hybridized carbons (Fsp3) is 0.263. The van der Waals surface area contributed by atoms with Gasteiger partial charge in [-0.3, -0.25) is 4.79 Å². The van der Waals surface area contributed by atoms with E-state index in [2.05, 4.69) is 5.32 Å². The summed E-state index contributed by atoms with van der Waals surface area (Å²) in [6.45, 7) is 0. The maximum Gasteiger partial charge on any atom is 0.432 e. The van der Waals surface area contributed by atoms with Gasteiger partial charge in [0, 0.05) is 6.04 Å². The first-order valence-electron chi connectivity index (χ1n) is 8.54. The average Bonchev–Trinajstić information content (AvgIpc) is 3.43. The highest BCUT2D eigenvalue weighted by Gasteiger charge is 2.35. The summed E-state index contributed by atoms with van der Waals surface area (Å²) in [7, 11) is 0. The molecule has 0 aromatic heterocycles. The normalized spacial score (nSPS) is 18.9. The highest BCUT2D eigenvalue weighted by molar-refractivity contribution is 5.99. The lowest BCUT2D eigenvalue weighted by Crippen LogP contribution is -2.50. The molecule has 1 heterocycles. The van der Waals surface area contributed by atoms with Crippen LogP contribution in [-0.4, -0.2) is 24.1 Å². The van der Waals surface area contributed by atoms with Crippen LogP contribution < -0.4 is 20.9 Å². The molecule has 2 aliphatic rings. The summed E-state index contributed by atoms with van der Waals surface area (Å²) in [5, 5.41) is 3.67. The Morgan fingerprint density at radius 1 is 1.12 bits per heavy atom. The molecule has 1 saturated carbocycles. The molecule has 26 heavy (non-hydrogen) atoms. The molecule has 0 spiro atoms. The number of ether oxygens (including phenoxy) is 1. The molecule has 0 unspecified atom stereocenters. The smallest absolute Gasteiger partial charge is 0.432 e. The van der Waals surface area contributed by atoms with Gasteiger partial charge in [0.05, 0.1) is 11.7 Å². The van der Waals surface area contributed by atoms with Crippen molar-refractivity contribution in [3.8, 4) is 11.5 Å². The number of rotatable bonds is 4. The second-order valence-corrected chi connectivity index (χ2v) is 6.45. The fourth-order valence-electron chi connectivity index (χ4n) is 2.80. The number of nitrogens with one attached hydrogen (secondary N) is 1. The molecule has 2 aromatic carbocycles. The fourth-order valence-corrected chi connectivity index (χ4v) is 2.80. The molecule has 1 atom stereocenters. The third-order valence-corrected chi connectivity index (χ3v) is 4.28. The molecule has 0 saturated heterocycles. The Balaban J connectivity index is 1.56. The zero-order chi connectivity index (χ0) is 18.1. The molecule has 0 radical (unpaired) electrons. The maximum absolute atomic E-state index is 12.4. The van der Waals surface area contributed by atoms with Crippen molar-refractivity contribution >= 4 is 17.7 Å². The molecular formula is C19H19N3O4. The third-order valence-electron chi connectivity index (χ3n) is 4.28. The van der Waals surface area contributed by atoms with Crippen molar-refractivity contribution in [3.63, 3.8) is 0 Å². The number of nitrogens with zero attached hydrogens (tertiary/aromatic N) is 1. The molecular weight excluding hydrogens is 334 g/mol. The minimum Gasteiger partial charge on any atom is -0.457 e. The average molecular weight is 353 g/mol. The molecule has 0 bridgehead atoms. The van der Waals surface area contributed by atoms with E-state index >= 15 is 0 Å². The van der Waals surface area contributed by atoms with E-state index < -0.39 is 18.0 Å². The van der Waals surface area contributed by atoms with Crippen LogP contribution in [-0.2, 0) is 16.1 Å². The molecule has 7 heteroatoms. The van der Waals surface area contributed by atoms with Gasteiger partial charge in [0.25, 0.3) is 5.91 Å². The number of para-hydroxylation sites is 1. The van der Waals surface area contributed by atoms with Crippen molar-refractivity contribution in [2.24, 2.45) is 5.73 Å². The van der Waals surface area contributed by atoms with Gasteiger partial charge < -0.3 is 20.6 Å². The second-order valence-electron chi connectivity index (χ2n) is 6.45. The zero-order valence-electron chi connectivity index (χ0n) is 14.1. The van der Waals surface area contributed by atoms with Gasteiger partial charge in [-0.25, -0.2) is 4.79 Å². The van der Waals surface area contributed by atoms with E-state index in [9.17, 15) is 9.59 Å². The van der Waals surface area contributed by atoms with Crippen molar-refractivity contribution in [1.29, 1.82) is 0 Å². The summed E-state index contributed by atoms with van der Waals surface area (Å²) in [5.41, 5.74) is 7.22. The Bertz CT molecular complexity index is 836. The number of anilines is 1. The molecule has 3 N–H and O–H groups in total. The van der Waals surface area contributed by atoms with Gasteiger partial charge in [0.1, 0.15) is 11.5 Å². The summed E-state index contributed by atoms with van der Waals surface area (Å²) < 4.78 is 5.82. The van der Waals surface area contributed by atoms with Gasteiger partial charge in [-0.1, -0.05) is 18.2 Å². The van der Waals surface area contributed by atoms with Crippen LogP contribution in [0.4, 0.5) is 10.5 Å². The van der Waals surface area contributed by atoms with Crippen molar-refractivity contribution in [3.05, 3.63) is 54.1 Å². The van der Waals surface area contributed by atoms with Crippen LogP contribution in [0.25, 0.3) is 0 Å². The number of hydrogen-bond acceptors (Lipinski definition) is 5. The number of fused-ring (bicyclic) bond motifs is 1. The van der Waals surface area contributed by atoms with Crippen LogP contribution in [0.2, 0.25) is 0 Å². The molecule has 2 amide bonds. The minimum atomic E-state index is -0.775. The van der Waals surface area contributed by atoms with E-state index in [0.717, 1.165) is 23.5 Å². The summed E-state index contributed by atoms with van der Waals surface area (Å²) in [5.74, 6) is 0.889. The van der Waals surface area contributed by atoms with Gasteiger partial charge in [0.15, 0.2) is 0 Å². The number of benzene rings is 2. The molecule has 134 valence electrons. The quantitative estimate of drug-likeness (QED) is 0.881. The number of amides is 2. The summed E-state index contributed by atoms with van der Waals surface area (Å²) >= 11 is 0. The number of hydroxylamine groups is 1. The topological polar surface area (TPSA) is 93.9 Å². The molecule has 1 aliphatic heterocycles. The van der Waals surface area contributed by atoms with Crippen LogP contribution in [0, 0.1) is 0 Å². The van der Waals surface area contributed by atoms with Crippen molar-refractivity contribution in [2.45, 2.75) is 31.3 Å². The molecule has 7 nitrogen and oxygen atoms in total. The number of carbonyl (C=O) groups is 2. The monoisotopic (exact) mass is 353 g/mol. The van der Waals surface area contributed by atoms with E-state index in [-0.39, 0.29) is 6.04 Å². The summed E-state index contributed by atoms with van der Waals surface area (Å²) in [4.78, 5) is 29.5. The van der Waals surface area contributed by atoms with Crippen LogP contribution >= 0.6 is 0 Å². The van der Waals surface area contributed by atoms with Crippen LogP contribution in [0.3, 0.4) is 0 Å². The molecule has 1 fully saturated rings. The van der Waals surface area contributed by atoms with Gasteiger partial charge in [-0.15, -0.1) is 5.06 Å². The first-order valence-corrected chi connectivity index (χ1v) is 8.54. The highest BCUT2D eigenvalue weighted by atomic mass is 16.7. The van der Waals surface area contributed by atoms with E-state index in [1.165, 1.54) is 0 Å². The van der Waals surface area contributed by atoms with Crippen molar-refractivity contribution in [1.82, 2.24) is 5.32 Å². The number of carbonyl (C=O) groups excluding carboxylic acids is 2. The predicted molar refractivity (Wildman–Crippen MR) is 94.8 cm³/mol. The molecule has 4 rings (SSSR count). The van der Waals surface area contributed by atoms with Crippen molar-refractivity contribution < 1.29 is 19.2 Å². The van der Waals surface area contributed by atoms with Gasteiger partial charge in [-0.05, 0) is 55.2 Å². The van der Waals surface area contributed by atoms with Crippen LogP contribution in [0.1, 0.15) is 18.4 Å². The number of nitrogens with two attached hydrogens (primary N) is 1. The van der Waals surface area contributed by atoms with E-state index in [1.807, 2.05) is 36.4 Å². The lowest BCUT2D eigenvalue weighted by Gasteiger charge is -2.30. The predicted octanol–water partition coefficient (Wildman–Crippen LogP) is 2.50. The lowest BCUT2D eigenvalue weighted by atomic mass is 9.99. The standard InChI is InChI=1S/C19H19N3O4/c20-16-11-12-10-15(25-14-4-2-1-3-5-14)8-9-17(12)22(18(16)23)26-19(24)21-13-6-7-13/h1-5,8-10,13,16H,6-7,11,20H2,(H,21,24)/t16-/m0/s1. The SMILES string of the molecule is N[C@H]1Cc2cc(Oc3ccccc3)ccc2N(OC(=O)NC2CC2)C1=O. The Labute approximate surface area is 150 Å². The van der Waals surface area contributed by atoms with Gasteiger partial charge >= 0.3 is 6.09 Å². The van der Waals surface area contributed by atoms with E-state index in [1.54, 1.807) is 12.1 Å². The van der Waals surface area contributed by atoms with E-state index in [4.69, 9.17) is 15.3 Å². The molecule has 2 aromatic rings. The van der Waals surface area contributed by atoms with Gasteiger partial charge in [-0.2, -0.15) is 0 Å². The molecule has 1 aliphatic carbocycles. The Hall–Kier alpha value is -3.06. The summed E-state index contributed by atoms with van der Waals surface area (Å²) in [6, 6.07) is 14.0.